The Balaban J connectivity index is 0.000000366. The zero-order valence-electron chi connectivity index (χ0n) is 16.2. The Morgan fingerprint density at radius 3 is 0.920 bits per heavy atom. The number of fused-ring (bicyclic) bond motifs is 2. The minimum atomic E-state index is -1.73. The highest BCUT2D eigenvalue weighted by atomic mass is 16.9. The van der Waals surface area contributed by atoms with Crippen molar-refractivity contribution in [2.24, 2.45) is 0 Å². The second-order valence-corrected chi connectivity index (χ2v) is 4.79. The molecule has 144 valence electrons. The van der Waals surface area contributed by atoms with Gasteiger partial charge in [-0.1, -0.05) is 0 Å². The summed E-state index contributed by atoms with van der Waals surface area (Å²) in [6.45, 7) is 19.5. The lowest BCUT2D eigenvalue weighted by atomic mass is 9.90. The first-order valence-corrected chi connectivity index (χ1v) is 8.80. The molecule has 2 heterocycles. The van der Waals surface area contributed by atoms with Crippen LogP contribution in [-0.4, -0.2) is 68.9 Å². The van der Waals surface area contributed by atoms with Crippen LogP contribution in [0.3, 0.4) is 0 Å². The van der Waals surface area contributed by atoms with Crippen molar-refractivity contribution in [3.05, 3.63) is 0 Å². The topological polar surface area (TPSA) is 97.7 Å². The molecule has 0 spiro atoms. The highest BCUT2D eigenvalue weighted by Crippen LogP contribution is 2.12. The molecule has 9 nitrogen and oxygen atoms in total. The van der Waals surface area contributed by atoms with Gasteiger partial charge in [0.1, 0.15) is 39.6 Å². The van der Waals surface area contributed by atoms with Crippen molar-refractivity contribution in [3.63, 3.8) is 0 Å². The van der Waals surface area contributed by atoms with Crippen molar-refractivity contribution in [2.45, 2.75) is 41.5 Å². The molecule has 25 heavy (non-hydrogen) atoms. The molecule has 0 amide bonds. The van der Waals surface area contributed by atoms with Crippen molar-refractivity contribution in [3.8, 4) is 0 Å². The van der Waals surface area contributed by atoms with Crippen LogP contribution >= 0.6 is 0 Å². The predicted molar refractivity (Wildman–Crippen MR) is 93.9 cm³/mol. The van der Waals surface area contributed by atoms with Gasteiger partial charge < -0.3 is 41.6 Å². The number of hydrogen-bond acceptors (Lipinski definition) is 7. The standard InChI is InChI=1S/2C6H15O.B4O7/c2*1-4-7(5-2)6-3;5-1-7-3-9-2(6)10-4(8-1)11-3/h2*4-6H2,1-3H3;/q2*+1;-2. The lowest BCUT2D eigenvalue weighted by molar-refractivity contribution is -0.260. The Labute approximate surface area is 152 Å². The van der Waals surface area contributed by atoms with E-state index in [4.69, 9.17) is 0 Å². The summed E-state index contributed by atoms with van der Waals surface area (Å²) in [5, 5.41) is 21.0. The van der Waals surface area contributed by atoms with Gasteiger partial charge in [0.2, 0.25) is 0 Å². The lowest BCUT2D eigenvalue weighted by Gasteiger charge is -2.40. The average Bonchev–Trinajstić information content (AvgIpc) is 2.58. The molecular formula is C12H30B4O9. The Hall–Kier alpha value is -0.100. The molecule has 13 heteroatoms. The summed E-state index contributed by atoms with van der Waals surface area (Å²) in [6.07, 6.45) is 0. The molecule has 0 aliphatic carbocycles. The van der Waals surface area contributed by atoms with Gasteiger partial charge in [0.25, 0.3) is 0 Å². The minimum Gasteiger partial charge on any atom is -0.833 e. The normalized spacial score (nSPS) is 16.6. The molecule has 0 unspecified atom stereocenters. The van der Waals surface area contributed by atoms with Crippen molar-refractivity contribution >= 4 is 29.3 Å². The maximum absolute atomic E-state index is 10.5. The van der Waals surface area contributed by atoms with E-state index in [1.54, 1.807) is 0 Å². The molecule has 0 aromatic heterocycles. The van der Waals surface area contributed by atoms with Crippen molar-refractivity contribution in [1.29, 1.82) is 0 Å². The van der Waals surface area contributed by atoms with Crippen LogP contribution in [0.5, 0.6) is 0 Å². The van der Waals surface area contributed by atoms with Gasteiger partial charge in [-0.05, 0) is 0 Å². The zero-order chi connectivity index (χ0) is 19.2. The fourth-order valence-electron chi connectivity index (χ4n) is 1.93. The summed E-state index contributed by atoms with van der Waals surface area (Å²) in [4.78, 5) is 0. The molecule has 2 saturated heterocycles. The maximum atomic E-state index is 10.5. The quantitative estimate of drug-likeness (QED) is 0.440. The summed E-state index contributed by atoms with van der Waals surface area (Å²) < 4.78 is 28.0. The molecule has 0 radical (unpaired) electrons. The second-order valence-electron chi connectivity index (χ2n) is 4.79. The molecule has 0 aromatic rings. The van der Waals surface area contributed by atoms with Crippen LogP contribution in [0.25, 0.3) is 0 Å². The Bertz CT molecular complexity index is 254. The van der Waals surface area contributed by atoms with Crippen molar-refractivity contribution in [1.82, 2.24) is 0 Å². The molecule has 2 fully saturated rings. The van der Waals surface area contributed by atoms with Crippen molar-refractivity contribution < 1.29 is 41.6 Å². The second kappa shape index (κ2) is 15.0. The first-order chi connectivity index (χ1) is 11.9. The summed E-state index contributed by atoms with van der Waals surface area (Å²) in [5.74, 6) is 0. The van der Waals surface area contributed by atoms with Gasteiger partial charge in [0, 0.05) is 41.5 Å². The van der Waals surface area contributed by atoms with E-state index in [0.717, 1.165) is 39.6 Å². The summed E-state index contributed by atoms with van der Waals surface area (Å²) >= 11 is 0. The number of rotatable bonds is 6. The molecule has 0 atom stereocenters. The smallest absolute Gasteiger partial charge is 0.597 e. The van der Waals surface area contributed by atoms with E-state index in [-0.39, 0.29) is 0 Å². The van der Waals surface area contributed by atoms with E-state index >= 15 is 0 Å². The molecular weight excluding hydrogens is 331 g/mol. The molecule has 2 rings (SSSR count). The fraction of sp³-hybridized carbons (Fsp3) is 1.00. The van der Waals surface area contributed by atoms with E-state index in [1.165, 1.54) is 0 Å². The third-order valence-electron chi connectivity index (χ3n) is 3.56. The molecule has 0 saturated carbocycles. The van der Waals surface area contributed by atoms with Crippen LogP contribution in [0.2, 0.25) is 0 Å². The minimum absolute atomic E-state index is 1.10. The van der Waals surface area contributed by atoms with Gasteiger partial charge in [-0.25, -0.2) is 0 Å². The van der Waals surface area contributed by atoms with E-state index in [1.807, 2.05) is 0 Å². The molecule has 2 aliphatic heterocycles. The Morgan fingerprint density at radius 2 is 0.760 bits per heavy atom. The summed E-state index contributed by atoms with van der Waals surface area (Å²) in [5.41, 5.74) is 0. The van der Waals surface area contributed by atoms with E-state index in [2.05, 4.69) is 73.1 Å². The van der Waals surface area contributed by atoms with E-state index in [9.17, 15) is 10.0 Å². The highest BCUT2D eigenvalue weighted by Gasteiger charge is 2.44. The van der Waals surface area contributed by atoms with Crippen molar-refractivity contribution in [2.75, 3.05) is 39.6 Å². The van der Waals surface area contributed by atoms with E-state index in [0.29, 0.717) is 0 Å². The van der Waals surface area contributed by atoms with Gasteiger partial charge in [-0.2, -0.15) is 0 Å². The van der Waals surface area contributed by atoms with Gasteiger partial charge in [-0.15, -0.1) is 0 Å². The summed E-state index contributed by atoms with van der Waals surface area (Å²) in [7, 11) is -6.00. The zero-order valence-corrected chi connectivity index (χ0v) is 16.2. The largest absolute Gasteiger partial charge is 0.833 e. The summed E-state index contributed by atoms with van der Waals surface area (Å²) in [6, 6.07) is 0. The lowest BCUT2D eigenvalue weighted by Crippen LogP contribution is -2.65. The Kier molecular flexibility index (Phi) is 14.9. The number of hydrogen-bond donors (Lipinski definition) is 0. The average molecular weight is 362 g/mol. The van der Waals surface area contributed by atoms with Crippen LogP contribution in [0, 0.1) is 0 Å². The fourth-order valence-corrected chi connectivity index (χ4v) is 1.93. The molecule has 2 bridgehead atoms. The van der Waals surface area contributed by atoms with Gasteiger partial charge in [0.15, 0.2) is 0 Å². The van der Waals surface area contributed by atoms with Crippen LogP contribution in [0.1, 0.15) is 41.5 Å². The third-order valence-corrected chi connectivity index (χ3v) is 3.56. The highest BCUT2D eigenvalue weighted by molar-refractivity contribution is 6.73. The first kappa shape index (κ1) is 24.9. The molecule has 0 aromatic carbocycles. The predicted octanol–water partition coefficient (Wildman–Crippen LogP) is -1.05. The third kappa shape index (κ3) is 11.3. The van der Waals surface area contributed by atoms with Crippen LogP contribution in [0.4, 0.5) is 0 Å². The van der Waals surface area contributed by atoms with Gasteiger partial charge in [-0.3, -0.25) is 0 Å². The van der Waals surface area contributed by atoms with Crippen LogP contribution in [0.15, 0.2) is 0 Å². The van der Waals surface area contributed by atoms with E-state index < -0.39 is 29.3 Å². The SMILES string of the molecule is CC[O+](CC)CC.CC[O+](CC)CC.[O-]B1OB2OB([O-])OB(O1)O2. The Morgan fingerprint density at radius 1 is 0.520 bits per heavy atom. The van der Waals surface area contributed by atoms with Gasteiger partial charge >= 0.3 is 29.3 Å². The van der Waals surface area contributed by atoms with Gasteiger partial charge in [0.05, 0.1) is 0 Å². The van der Waals surface area contributed by atoms with Crippen LogP contribution < -0.4 is 10.0 Å². The van der Waals surface area contributed by atoms with Crippen LogP contribution in [-0.2, 0) is 31.6 Å². The molecule has 0 N–H and O–H groups in total. The monoisotopic (exact) mass is 362 g/mol. The first-order valence-electron chi connectivity index (χ1n) is 8.80. The molecule has 2 aliphatic rings. The maximum Gasteiger partial charge on any atom is 0.597 e.